The van der Waals surface area contributed by atoms with Crippen molar-refractivity contribution in [3.63, 3.8) is 0 Å². The normalized spacial score (nSPS) is 19.0. The lowest BCUT2D eigenvalue weighted by Crippen LogP contribution is -2.38. The third-order valence-corrected chi connectivity index (χ3v) is 4.97. The molecule has 146 valence electrons. The molecule has 1 fully saturated rings. The number of nitrogens with zero attached hydrogens (tertiary/aromatic N) is 3. The molecule has 1 atom stereocenters. The lowest BCUT2D eigenvalue weighted by atomic mass is 9.91. The van der Waals surface area contributed by atoms with Gasteiger partial charge >= 0.3 is 0 Å². The smallest absolute Gasteiger partial charge is 0.232 e. The highest BCUT2D eigenvalue weighted by atomic mass is 16.5. The molecular formula is C19H22N6O3. The van der Waals surface area contributed by atoms with E-state index in [9.17, 15) is 9.59 Å². The molecule has 3 heterocycles. The maximum atomic E-state index is 12.9. The first-order valence-corrected chi connectivity index (χ1v) is 9.19. The number of aromatic nitrogens is 2. The summed E-state index contributed by atoms with van der Waals surface area (Å²) in [7, 11) is 0. The molecule has 2 amide bonds. The molecule has 0 spiro atoms. The highest BCUT2D eigenvalue weighted by Gasteiger charge is 2.35. The number of morpholine rings is 1. The highest BCUT2D eigenvalue weighted by Crippen LogP contribution is 2.36. The van der Waals surface area contributed by atoms with E-state index < -0.39 is 5.92 Å². The van der Waals surface area contributed by atoms with Crippen LogP contribution in [0.1, 0.15) is 23.5 Å². The summed E-state index contributed by atoms with van der Waals surface area (Å²) in [6.45, 7) is 4.35. The number of hydrogen-bond donors (Lipinski definition) is 3. The number of anilines is 4. The Hall–Kier alpha value is -3.20. The Morgan fingerprint density at radius 3 is 2.79 bits per heavy atom. The van der Waals surface area contributed by atoms with Crippen molar-refractivity contribution in [1.29, 1.82) is 0 Å². The number of hydrogen-bond acceptors (Lipinski definition) is 7. The van der Waals surface area contributed by atoms with Crippen molar-refractivity contribution >= 4 is 35.1 Å². The van der Waals surface area contributed by atoms with Gasteiger partial charge in [0.1, 0.15) is 11.6 Å². The predicted octanol–water partition coefficient (Wildman–Crippen LogP) is 1.27. The molecule has 0 bridgehead atoms. The summed E-state index contributed by atoms with van der Waals surface area (Å²) < 4.78 is 5.34. The molecule has 0 saturated carbocycles. The first kappa shape index (κ1) is 18.2. The van der Waals surface area contributed by atoms with E-state index in [1.165, 1.54) is 0 Å². The highest BCUT2D eigenvalue weighted by molar-refractivity contribution is 6.05. The Morgan fingerprint density at radius 1 is 1.29 bits per heavy atom. The minimum Gasteiger partial charge on any atom is -0.383 e. The van der Waals surface area contributed by atoms with Gasteiger partial charge in [-0.15, -0.1) is 0 Å². The van der Waals surface area contributed by atoms with E-state index in [1.807, 2.05) is 36.1 Å². The third kappa shape index (κ3) is 3.48. The fraction of sp³-hybridized carbons (Fsp3) is 0.368. The number of para-hydroxylation sites is 1. The molecule has 4 rings (SSSR count). The molecule has 1 unspecified atom stereocenters. The van der Waals surface area contributed by atoms with Crippen LogP contribution in [-0.2, 0) is 14.3 Å². The summed E-state index contributed by atoms with van der Waals surface area (Å²) in [5, 5.41) is 5.62. The van der Waals surface area contributed by atoms with Crippen LogP contribution in [0.3, 0.4) is 0 Å². The number of fused-ring (bicyclic) bond motifs is 1. The predicted molar refractivity (Wildman–Crippen MR) is 105 cm³/mol. The van der Waals surface area contributed by atoms with Crippen molar-refractivity contribution in [2.45, 2.75) is 19.3 Å². The van der Waals surface area contributed by atoms with Crippen LogP contribution in [0, 0.1) is 6.92 Å². The van der Waals surface area contributed by atoms with Crippen molar-refractivity contribution in [2.75, 3.05) is 47.6 Å². The van der Waals surface area contributed by atoms with Gasteiger partial charge in [0.25, 0.3) is 0 Å². The second kappa shape index (κ2) is 7.43. The van der Waals surface area contributed by atoms with E-state index in [2.05, 4.69) is 20.6 Å². The van der Waals surface area contributed by atoms with Gasteiger partial charge in [-0.3, -0.25) is 9.59 Å². The van der Waals surface area contributed by atoms with Crippen molar-refractivity contribution in [3.05, 3.63) is 35.4 Å². The van der Waals surface area contributed by atoms with Gasteiger partial charge in [0, 0.05) is 25.2 Å². The molecule has 1 aromatic carbocycles. The standard InChI is InChI=1S/C19H22N6O3/c1-11-4-2-3-5-13(11)21-18(27)12-10-14(26)22-17-15(12)16(20)23-19(24-17)25-6-8-28-9-7-25/h2-5,12H,6-10H2,1H3,(H,21,27)(H3,20,22,23,24,26). The molecule has 0 radical (unpaired) electrons. The topological polar surface area (TPSA) is 122 Å². The monoisotopic (exact) mass is 382 g/mol. The Kier molecular flexibility index (Phi) is 4.82. The molecule has 4 N–H and O–H groups in total. The zero-order valence-corrected chi connectivity index (χ0v) is 15.6. The number of carbonyl (C=O) groups excluding carboxylic acids is 2. The molecule has 1 aromatic heterocycles. The van der Waals surface area contributed by atoms with Crippen LogP contribution in [-0.4, -0.2) is 48.1 Å². The number of carbonyl (C=O) groups is 2. The van der Waals surface area contributed by atoms with Crippen molar-refractivity contribution in [2.24, 2.45) is 0 Å². The summed E-state index contributed by atoms with van der Waals surface area (Å²) in [6.07, 6.45) is -0.00479. The second-order valence-electron chi connectivity index (χ2n) is 6.88. The number of nitrogen functional groups attached to an aromatic ring is 1. The first-order valence-electron chi connectivity index (χ1n) is 9.19. The number of amides is 2. The van der Waals surface area contributed by atoms with Crippen LogP contribution in [0.15, 0.2) is 24.3 Å². The van der Waals surface area contributed by atoms with Crippen molar-refractivity contribution < 1.29 is 14.3 Å². The van der Waals surface area contributed by atoms with Gasteiger partial charge in [-0.05, 0) is 18.6 Å². The van der Waals surface area contributed by atoms with Crippen LogP contribution in [0.2, 0.25) is 0 Å². The Bertz CT molecular complexity index is 926. The van der Waals surface area contributed by atoms with Gasteiger partial charge < -0.3 is 26.0 Å². The van der Waals surface area contributed by atoms with Crippen molar-refractivity contribution in [3.8, 4) is 0 Å². The number of ether oxygens (including phenoxy) is 1. The quantitative estimate of drug-likeness (QED) is 0.730. The van der Waals surface area contributed by atoms with E-state index in [1.54, 1.807) is 0 Å². The van der Waals surface area contributed by atoms with Crippen LogP contribution in [0.5, 0.6) is 0 Å². The summed E-state index contributed by atoms with van der Waals surface area (Å²) in [5.74, 6) is -0.392. The van der Waals surface area contributed by atoms with E-state index >= 15 is 0 Å². The number of nitrogens with two attached hydrogens (primary N) is 1. The zero-order chi connectivity index (χ0) is 19.7. The fourth-order valence-corrected chi connectivity index (χ4v) is 3.45. The summed E-state index contributed by atoms with van der Waals surface area (Å²) in [5.41, 5.74) is 8.30. The molecular weight excluding hydrogens is 360 g/mol. The lowest BCUT2D eigenvalue weighted by molar-refractivity contribution is -0.123. The largest absolute Gasteiger partial charge is 0.383 e. The summed E-state index contributed by atoms with van der Waals surface area (Å²) >= 11 is 0. The maximum absolute atomic E-state index is 12.9. The SMILES string of the molecule is Cc1ccccc1NC(=O)C1CC(=O)Nc2nc(N3CCOCC3)nc(N)c21. The first-order chi connectivity index (χ1) is 13.5. The average Bonchev–Trinajstić information content (AvgIpc) is 2.69. The average molecular weight is 382 g/mol. The third-order valence-electron chi connectivity index (χ3n) is 4.97. The molecule has 28 heavy (non-hydrogen) atoms. The van der Waals surface area contributed by atoms with E-state index in [-0.39, 0.29) is 24.1 Å². The molecule has 9 nitrogen and oxygen atoms in total. The molecule has 2 aliphatic heterocycles. The summed E-state index contributed by atoms with van der Waals surface area (Å²) in [4.78, 5) is 36.0. The lowest BCUT2D eigenvalue weighted by Gasteiger charge is -2.30. The van der Waals surface area contributed by atoms with E-state index in [4.69, 9.17) is 10.5 Å². The molecule has 9 heteroatoms. The van der Waals surface area contributed by atoms with Gasteiger partial charge in [0.05, 0.1) is 24.7 Å². The second-order valence-corrected chi connectivity index (χ2v) is 6.88. The van der Waals surface area contributed by atoms with E-state index in [0.29, 0.717) is 49.3 Å². The number of nitrogens with one attached hydrogen (secondary N) is 2. The number of aryl methyl sites for hydroxylation is 1. The number of rotatable bonds is 3. The van der Waals surface area contributed by atoms with Crippen LogP contribution < -0.4 is 21.3 Å². The Morgan fingerprint density at radius 2 is 2.04 bits per heavy atom. The molecule has 2 aliphatic rings. The van der Waals surface area contributed by atoms with Gasteiger partial charge in [-0.1, -0.05) is 18.2 Å². The summed E-state index contributed by atoms with van der Waals surface area (Å²) in [6, 6.07) is 7.46. The molecule has 1 saturated heterocycles. The molecule has 0 aliphatic carbocycles. The van der Waals surface area contributed by atoms with Gasteiger partial charge in [0.15, 0.2) is 0 Å². The maximum Gasteiger partial charge on any atom is 0.232 e. The Labute approximate surface area is 162 Å². The van der Waals surface area contributed by atoms with Crippen LogP contribution in [0.4, 0.5) is 23.3 Å². The van der Waals surface area contributed by atoms with Crippen LogP contribution >= 0.6 is 0 Å². The minimum atomic E-state index is -0.748. The Balaban J connectivity index is 1.65. The van der Waals surface area contributed by atoms with Crippen molar-refractivity contribution in [1.82, 2.24) is 9.97 Å². The van der Waals surface area contributed by atoms with Gasteiger partial charge in [-0.25, -0.2) is 0 Å². The van der Waals surface area contributed by atoms with E-state index in [0.717, 1.165) is 5.56 Å². The van der Waals surface area contributed by atoms with Gasteiger partial charge in [-0.2, -0.15) is 9.97 Å². The number of benzene rings is 1. The molecule has 2 aromatic rings. The fourth-order valence-electron chi connectivity index (χ4n) is 3.45. The zero-order valence-electron chi connectivity index (χ0n) is 15.6. The van der Waals surface area contributed by atoms with Gasteiger partial charge in [0.2, 0.25) is 17.8 Å². The van der Waals surface area contributed by atoms with Crippen LogP contribution in [0.25, 0.3) is 0 Å². The minimum absolute atomic E-state index is 0.00479.